The molecule has 0 bridgehead atoms. The molecule has 0 aliphatic heterocycles. The van der Waals surface area contributed by atoms with Crippen molar-refractivity contribution in [3.05, 3.63) is 72.9 Å². The van der Waals surface area contributed by atoms with Gasteiger partial charge in [-0.1, -0.05) is 209 Å². The minimum absolute atomic E-state index is 0.0630. The van der Waals surface area contributed by atoms with E-state index < -0.39 is 6.10 Å². The van der Waals surface area contributed by atoms with Gasteiger partial charge in [0.25, 0.3) is 0 Å². The summed E-state index contributed by atoms with van der Waals surface area (Å²) in [6.45, 7) is 7.55. The highest BCUT2D eigenvalue weighted by Crippen LogP contribution is 2.14. The Morgan fingerprint density at radius 1 is 0.411 bits per heavy atom. The molecule has 0 aromatic heterocycles. The molecule has 0 heterocycles. The molecule has 322 valence electrons. The van der Waals surface area contributed by atoms with E-state index in [-0.39, 0.29) is 25.2 Å². The van der Waals surface area contributed by atoms with E-state index in [1.54, 1.807) is 0 Å². The topological polar surface area (TPSA) is 61.8 Å². The number of carbonyl (C=O) groups excluding carboxylic acids is 2. The van der Waals surface area contributed by atoms with Gasteiger partial charge in [0.1, 0.15) is 6.61 Å². The van der Waals surface area contributed by atoms with Gasteiger partial charge in [-0.2, -0.15) is 0 Å². The first-order valence-corrected chi connectivity index (χ1v) is 23.5. The first-order valence-electron chi connectivity index (χ1n) is 23.5. The predicted octanol–water partition coefficient (Wildman–Crippen LogP) is 15.6. The SMILES string of the molecule is CC/C=C\C/C=C\C/C=C\C/C=C\C/C=C\C/C=C\CCCOCC(COC(=O)CCCCCCCCCCCCC)OC(=O)CCCCCCCCCCC. The van der Waals surface area contributed by atoms with E-state index in [0.717, 1.165) is 77.0 Å². The number of unbranched alkanes of at least 4 members (excludes halogenated alkanes) is 19. The molecule has 56 heavy (non-hydrogen) atoms. The van der Waals surface area contributed by atoms with E-state index in [0.29, 0.717) is 19.4 Å². The van der Waals surface area contributed by atoms with Crippen molar-refractivity contribution < 1.29 is 23.8 Å². The van der Waals surface area contributed by atoms with Crippen LogP contribution in [0.2, 0.25) is 0 Å². The fourth-order valence-corrected chi connectivity index (χ4v) is 6.29. The lowest BCUT2D eigenvalue weighted by Gasteiger charge is -2.18. The van der Waals surface area contributed by atoms with E-state index in [4.69, 9.17) is 14.2 Å². The number of ether oxygens (including phenoxy) is 3. The van der Waals surface area contributed by atoms with Gasteiger partial charge in [0.05, 0.1) is 6.61 Å². The Bertz CT molecular complexity index is 1020. The quantitative estimate of drug-likeness (QED) is 0.0351. The molecule has 0 aromatic carbocycles. The van der Waals surface area contributed by atoms with E-state index in [2.05, 4.69) is 93.7 Å². The zero-order chi connectivity index (χ0) is 40.7. The van der Waals surface area contributed by atoms with Crippen LogP contribution in [0.25, 0.3) is 0 Å². The summed E-state index contributed by atoms with van der Waals surface area (Å²) >= 11 is 0. The third-order valence-corrected chi connectivity index (χ3v) is 9.76. The Hall–Kier alpha value is -2.66. The highest BCUT2D eigenvalue weighted by atomic mass is 16.6. The second-order valence-electron chi connectivity index (χ2n) is 15.3. The van der Waals surface area contributed by atoms with E-state index in [1.165, 1.54) is 103 Å². The number of hydrogen-bond acceptors (Lipinski definition) is 5. The maximum absolute atomic E-state index is 12.7. The highest BCUT2D eigenvalue weighted by Gasteiger charge is 2.17. The highest BCUT2D eigenvalue weighted by molar-refractivity contribution is 5.70. The molecule has 5 heteroatoms. The Morgan fingerprint density at radius 2 is 0.786 bits per heavy atom. The number of hydrogen-bond donors (Lipinski definition) is 0. The molecule has 0 saturated carbocycles. The van der Waals surface area contributed by atoms with Crippen molar-refractivity contribution in [2.24, 2.45) is 0 Å². The van der Waals surface area contributed by atoms with Crippen LogP contribution < -0.4 is 0 Å². The van der Waals surface area contributed by atoms with Crippen LogP contribution in [0.4, 0.5) is 0 Å². The average Bonchev–Trinajstić information content (AvgIpc) is 3.20. The zero-order valence-corrected chi connectivity index (χ0v) is 36.9. The van der Waals surface area contributed by atoms with E-state index >= 15 is 0 Å². The van der Waals surface area contributed by atoms with Crippen LogP contribution in [0, 0.1) is 0 Å². The van der Waals surface area contributed by atoms with Crippen molar-refractivity contribution in [1.82, 2.24) is 0 Å². The third-order valence-electron chi connectivity index (χ3n) is 9.76. The molecule has 0 radical (unpaired) electrons. The molecule has 0 rings (SSSR count). The second kappa shape index (κ2) is 46.7. The van der Waals surface area contributed by atoms with Crippen LogP contribution in [-0.4, -0.2) is 37.9 Å². The number of esters is 2. The van der Waals surface area contributed by atoms with E-state index in [9.17, 15) is 9.59 Å². The zero-order valence-electron chi connectivity index (χ0n) is 36.9. The monoisotopic (exact) mass is 781 g/mol. The van der Waals surface area contributed by atoms with Gasteiger partial charge in [-0.3, -0.25) is 9.59 Å². The summed E-state index contributed by atoms with van der Waals surface area (Å²) < 4.78 is 17.2. The minimum atomic E-state index is -0.562. The summed E-state index contributed by atoms with van der Waals surface area (Å²) in [5.41, 5.74) is 0. The minimum Gasteiger partial charge on any atom is -0.462 e. The molecule has 0 spiro atoms. The first-order chi connectivity index (χ1) is 27.6. The Kier molecular flexibility index (Phi) is 44.5. The Morgan fingerprint density at radius 3 is 1.21 bits per heavy atom. The fourth-order valence-electron chi connectivity index (χ4n) is 6.29. The van der Waals surface area contributed by atoms with Crippen LogP contribution in [0.5, 0.6) is 0 Å². The van der Waals surface area contributed by atoms with Crippen molar-refractivity contribution in [2.75, 3.05) is 19.8 Å². The van der Waals surface area contributed by atoms with Gasteiger partial charge in [-0.05, 0) is 64.2 Å². The predicted molar refractivity (Wildman–Crippen MR) is 242 cm³/mol. The summed E-state index contributed by atoms with van der Waals surface area (Å²) in [6.07, 6.45) is 59.2. The van der Waals surface area contributed by atoms with Crippen molar-refractivity contribution in [3.8, 4) is 0 Å². The summed E-state index contributed by atoms with van der Waals surface area (Å²) in [5, 5.41) is 0. The molecule has 0 aliphatic carbocycles. The van der Waals surface area contributed by atoms with Crippen LogP contribution >= 0.6 is 0 Å². The van der Waals surface area contributed by atoms with Gasteiger partial charge in [-0.15, -0.1) is 0 Å². The number of rotatable bonds is 42. The van der Waals surface area contributed by atoms with Crippen molar-refractivity contribution in [1.29, 1.82) is 0 Å². The average molecular weight is 781 g/mol. The molecule has 1 unspecified atom stereocenters. The maximum atomic E-state index is 12.7. The Balaban J connectivity index is 4.30. The Labute approximate surface area is 347 Å². The van der Waals surface area contributed by atoms with Gasteiger partial charge in [-0.25, -0.2) is 0 Å². The molecule has 0 fully saturated rings. The standard InChI is InChI=1S/C51H88O5/c1-4-7-10-13-16-19-21-22-23-24-25-26-27-28-29-31-34-37-40-43-46-54-47-49(56-51(53)45-42-39-36-32-18-15-12-9-6-3)48-55-50(52)44-41-38-35-33-30-20-17-14-11-8-5-2/h7,10,16,19,22-23,25-26,28-29,34,37,49H,4-6,8-9,11-15,17-18,20-21,24,27,30-33,35-36,38-48H2,1-3H3/b10-7-,19-16-,23-22-,26-25-,29-28-,37-34-. The van der Waals surface area contributed by atoms with E-state index in [1.807, 2.05) is 0 Å². The molecule has 5 nitrogen and oxygen atoms in total. The molecule has 1 atom stereocenters. The third kappa shape index (κ3) is 44.1. The molecule has 0 amide bonds. The van der Waals surface area contributed by atoms with Gasteiger partial charge in [0.15, 0.2) is 6.10 Å². The fraction of sp³-hybridized carbons (Fsp3) is 0.725. The molecular weight excluding hydrogens is 693 g/mol. The van der Waals surface area contributed by atoms with Gasteiger partial charge >= 0.3 is 11.9 Å². The van der Waals surface area contributed by atoms with Crippen LogP contribution in [0.3, 0.4) is 0 Å². The molecule has 0 saturated heterocycles. The number of allylic oxidation sites excluding steroid dienone is 12. The van der Waals surface area contributed by atoms with Crippen molar-refractivity contribution >= 4 is 11.9 Å². The van der Waals surface area contributed by atoms with Gasteiger partial charge < -0.3 is 14.2 Å². The van der Waals surface area contributed by atoms with Crippen LogP contribution in [0.15, 0.2) is 72.9 Å². The second-order valence-corrected chi connectivity index (χ2v) is 15.3. The van der Waals surface area contributed by atoms with Crippen LogP contribution in [-0.2, 0) is 23.8 Å². The number of carbonyl (C=O) groups is 2. The first kappa shape index (κ1) is 53.3. The van der Waals surface area contributed by atoms with Crippen molar-refractivity contribution in [3.63, 3.8) is 0 Å². The smallest absolute Gasteiger partial charge is 0.306 e. The summed E-state index contributed by atoms with van der Waals surface area (Å²) in [6, 6.07) is 0. The maximum Gasteiger partial charge on any atom is 0.306 e. The summed E-state index contributed by atoms with van der Waals surface area (Å²) in [5.74, 6) is -0.431. The molecular formula is C51H88O5. The summed E-state index contributed by atoms with van der Waals surface area (Å²) in [7, 11) is 0. The van der Waals surface area contributed by atoms with Gasteiger partial charge in [0, 0.05) is 19.4 Å². The molecule has 0 N–H and O–H groups in total. The van der Waals surface area contributed by atoms with Gasteiger partial charge in [0.2, 0.25) is 0 Å². The lowest BCUT2D eigenvalue weighted by molar-refractivity contribution is -0.163. The normalized spacial score (nSPS) is 12.8. The lowest BCUT2D eigenvalue weighted by atomic mass is 10.1. The summed E-state index contributed by atoms with van der Waals surface area (Å²) in [4.78, 5) is 25.2. The molecule has 0 aliphatic rings. The lowest BCUT2D eigenvalue weighted by Crippen LogP contribution is -2.30. The molecule has 0 aromatic rings. The largest absolute Gasteiger partial charge is 0.462 e. The van der Waals surface area contributed by atoms with Crippen molar-refractivity contribution in [2.45, 2.75) is 219 Å². The van der Waals surface area contributed by atoms with Crippen LogP contribution in [0.1, 0.15) is 213 Å².